The molecule has 2 aromatic heterocycles. The number of aliphatic hydroxyl groups is 1. The molecule has 1 N–H and O–H groups in total. The molecule has 108 valence electrons. The Hall–Kier alpha value is -1.22. The fraction of sp³-hybridized carbons (Fsp3) is 0.500. The molecular weight excluding hydrogens is 330 g/mol. The minimum Gasteiger partial charge on any atom is -0.444 e. The summed E-state index contributed by atoms with van der Waals surface area (Å²) >= 11 is 3.23. The van der Waals surface area contributed by atoms with E-state index in [9.17, 15) is 0 Å². The minimum absolute atomic E-state index is 0.0198. The molecule has 0 radical (unpaired) electrons. The van der Waals surface area contributed by atoms with Gasteiger partial charge in [0.15, 0.2) is 10.4 Å². The van der Waals surface area contributed by atoms with Gasteiger partial charge in [-0.05, 0) is 28.1 Å². The number of hydrogen-bond donors (Lipinski definition) is 1. The normalized spacial score (nSPS) is 20.4. The third-order valence-corrected chi connectivity index (χ3v) is 3.46. The van der Waals surface area contributed by atoms with E-state index in [1.54, 1.807) is 12.1 Å². The highest BCUT2D eigenvalue weighted by Crippen LogP contribution is 2.24. The van der Waals surface area contributed by atoms with E-state index >= 15 is 0 Å². The topological polar surface area (TPSA) is 84.8 Å². The van der Waals surface area contributed by atoms with Crippen molar-refractivity contribution < 1.29 is 18.7 Å². The van der Waals surface area contributed by atoms with Crippen LogP contribution in [0.15, 0.2) is 25.6 Å². The van der Waals surface area contributed by atoms with E-state index in [-0.39, 0.29) is 12.7 Å². The zero-order valence-corrected chi connectivity index (χ0v) is 12.2. The quantitative estimate of drug-likeness (QED) is 0.894. The molecule has 3 rings (SSSR count). The van der Waals surface area contributed by atoms with Crippen molar-refractivity contribution in [1.82, 2.24) is 15.1 Å². The van der Waals surface area contributed by atoms with E-state index in [0.717, 1.165) is 6.54 Å². The van der Waals surface area contributed by atoms with Gasteiger partial charge < -0.3 is 18.7 Å². The molecule has 0 aromatic carbocycles. The van der Waals surface area contributed by atoms with Gasteiger partial charge in [0, 0.05) is 13.1 Å². The molecule has 1 fully saturated rings. The van der Waals surface area contributed by atoms with Crippen LogP contribution in [0, 0.1) is 0 Å². The molecule has 20 heavy (non-hydrogen) atoms. The van der Waals surface area contributed by atoms with Crippen LogP contribution in [0.2, 0.25) is 0 Å². The Morgan fingerprint density at radius 1 is 1.35 bits per heavy atom. The third-order valence-electron chi connectivity index (χ3n) is 3.04. The standard InChI is InChI=1S/C12H14BrN3O4/c13-10-2-1-9(19-10)12-15-14-11(20-12)6-16-3-4-18-8(5-16)7-17/h1-2,8,17H,3-7H2. The molecule has 7 nitrogen and oxygen atoms in total. The van der Waals surface area contributed by atoms with Crippen molar-refractivity contribution in [3.8, 4) is 11.7 Å². The van der Waals surface area contributed by atoms with Crippen molar-refractivity contribution in [2.75, 3.05) is 26.3 Å². The molecular formula is C12H14BrN3O4. The molecule has 0 spiro atoms. The van der Waals surface area contributed by atoms with E-state index < -0.39 is 0 Å². The largest absolute Gasteiger partial charge is 0.444 e. The fourth-order valence-corrected chi connectivity index (χ4v) is 2.38. The zero-order valence-electron chi connectivity index (χ0n) is 10.7. The van der Waals surface area contributed by atoms with Gasteiger partial charge in [0.1, 0.15) is 0 Å². The van der Waals surface area contributed by atoms with Crippen LogP contribution in [-0.2, 0) is 11.3 Å². The summed E-state index contributed by atoms with van der Waals surface area (Å²) in [6.07, 6.45) is -0.146. The van der Waals surface area contributed by atoms with Gasteiger partial charge in [-0.3, -0.25) is 4.90 Å². The number of rotatable bonds is 4. The molecule has 8 heteroatoms. The Morgan fingerprint density at radius 3 is 3.00 bits per heavy atom. The first-order valence-electron chi connectivity index (χ1n) is 6.27. The lowest BCUT2D eigenvalue weighted by Gasteiger charge is -2.30. The van der Waals surface area contributed by atoms with Gasteiger partial charge in [-0.2, -0.15) is 0 Å². The number of aromatic nitrogens is 2. The highest BCUT2D eigenvalue weighted by Gasteiger charge is 2.22. The number of hydrogen-bond acceptors (Lipinski definition) is 7. The Labute approximate surface area is 123 Å². The molecule has 0 bridgehead atoms. The van der Waals surface area contributed by atoms with Crippen molar-refractivity contribution >= 4 is 15.9 Å². The van der Waals surface area contributed by atoms with Crippen LogP contribution < -0.4 is 0 Å². The van der Waals surface area contributed by atoms with E-state index in [2.05, 4.69) is 31.0 Å². The number of halogens is 1. The van der Waals surface area contributed by atoms with Crippen LogP contribution in [0.4, 0.5) is 0 Å². The third kappa shape index (κ3) is 3.09. The predicted octanol–water partition coefficient (Wildman–Crippen LogP) is 1.29. The summed E-state index contributed by atoms with van der Waals surface area (Å²) in [5.74, 6) is 1.41. The lowest BCUT2D eigenvalue weighted by molar-refractivity contribution is -0.0568. The smallest absolute Gasteiger partial charge is 0.283 e. The highest BCUT2D eigenvalue weighted by molar-refractivity contribution is 9.10. The molecule has 1 saturated heterocycles. The number of nitrogens with zero attached hydrogens (tertiary/aromatic N) is 3. The molecule has 1 atom stereocenters. The molecule has 1 unspecified atom stereocenters. The molecule has 3 heterocycles. The Balaban J connectivity index is 1.65. The number of ether oxygens (including phenoxy) is 1. The zero-order chi connectivity index (χ0) is 13.9. The van der Waals surface area contributed by atoms with Crippen molar-refractivity contribution in [2.45, 2.75) is 12.6 Å². The summed E-state index contributed by atoms with van der Waals surface area (Å²) < 4.78 is 16.9. The van der Waals surface area contributed by atoms with Crippen LogP contribution in [0.25, 0.3) is 11.7 Å². The first kappa shape index (κ1) is 13.7. The monoisotopic (exact) mass is 343 g/mol. The van der Waals surface area contributed by atoms with E-state index in [1.165, 1.54) is 0 Å². The summed E-state index contributed by atoms with van der Waals surface area (Å²) in [4.78, 5) is 2.11. The molecule has 0 aliphatic carbocycles. The molecule has 0 saturated carbocycles. The van der Waals surface area contributed by atoms with Gasteiger partial charge in [-0.25, -0.2) is 0 Å². The maximum Gasteiger partial charge on any atom is 0.283 e. The molecule has 0 amide bonds. The average Bonchev–Trinajstić information content (AvgIpc) is 3.08. The SMILES string of the molecule is OCC1CN(Cc2nnc(-c3ccc(Br)o3)o2)CCO1. The summed E-state index contributed by atoms with van der Waals surface area (Å²) in [5.41, 5.74) is 0. The minimum atomic E-state index is -0.146. The summed E-state index contributed by atoms with van der Waals surface area (Å²) in [6.45, 7) is 2.58. The molecule has 1 aliphatic rings. The summed E-state index contributed by atoms with van der Waals surface area (Å²) in [6, 6.07) is 3.53. The Kier molecular flexibility index (Phi) is 4.16. The van der Waals surface area contributed by atoms with Gasteiger partial charge in [0.05, 0.1) is 25.9 Å². The Morgan fingerprint density at radius 2 is 2.25 bits per heavy atom. The van der Waals surface area contributed by atoms with Crippen LogP contribution in [0.5, 0.6) is 0 Å². The summed E-state index contributed by atoms with van der Waals surface area (Å²) in [5, 5.41) is 17.1. The van der Waals surface area contributed by atoms with Gasteiger partial charge in [-0.1, -0.05) is 0 Å². The first-order valence-corrected chi connectivity index (χ1v) is 7.07. The maximum atomic E-state index is 9.11. The molecule has 2 aromatic rings. The lowest BCUT2D eigenvalue weighted by Crippen LogP contribution is -2.43. The van der Waals surface area contributed by atoms with Crippen molar-refractivity contribution in [3.63, 3.8) is 0 Å². The van der Waals surface area contributed by atoms with E-state index in [0.29, 0.717) is 41.9 Å². The van der Waals surface area contributed by atoms with E-state index in [1.807, 2.05) is 0 Å². The lowest BCUT2D eigenvalue weighted by atomic mass is 10.3. The van der Waals surface area contributed by atoms with E-state index in [4.69, 9.17) is 18.7 Å². The second kappa shape index (κ2) is 6.04. The van der Waals surface area contributed by atoms with Crippen molar-refractivity contribution in [3.05, 3.63) is 22.7 Å². The highest BCUT2D eigenvalue weighted by atomic mass is 79.9. The maximum absolute atomic E-state index is 9.11. The van der Waals surface area contributed by atoms with Gasteiger partial charge in [0.2, 0.25) is 5.89 Å². The van der Waals surface area contributed by atoms with Crippen LogP contribution in [0.1, 0.15) is 5.89 Å². The first-order chi connectivity index (χ1) is 9.74. The predicted molar refractivity (Wildman–Crippen MR) is 71.8 cm³/mol. The number of furan rings is 1. The van der Waals surface area contributed by atoms with Gasteiger partial charge in [0.25, 0.3) is 5.89 Å². The van der Waals surface area contributed by atoms with Gasteiger partial charge in [-0.15, -0.1) is 10.2 Å². The summed E-state index contributed by atoms with van der Waals surface area (Å²) in [7, 11) is 0. The van der Waals surface area contributed by atoms with Crippen molar-refractivity contribution in [1.29, 1.82) is 0 Å². The van der Waals surface area contributed by atoms with Crippen molar-refractivity contribution in [2.24, 2.45) is 0 Å². The number of morpholine rings is 1. The average molecular weight is 344 g/mol. The van der Waals surface area contributed by atoms with Crippen LogP contribution in [0.3, 0.4) is 0 Å². The Bertz CT molecular complexity index is 571. The van der Waals surface area contributed by atoms with Crippen LogP contribution in [-0.4, -0.2) is 52.6 Å². The van der Waals surface area contributed by atoms with Gasteiger partial charge >= 0.3 is 0 Å². The second-order valence-electron chi connectivity index (χ2n) is 4.52. The molecule has 1 aliphatic heterocycles. The van der Waals surface area contributed by atoms with Crippen LogP contribution >= 0.6 is 15.9 Å². The second-order valence-corrected chi connectivity index (χ2v) is 5.30. The number of aliphatic hydroxyl groups excluding tert-OH is 1. The fourth-order valence-electron chi connectivity index (χ4n) is 2.07.